The van der Waals surface area contributed by atoms with E-state index in [-0.39, 0.29) is 5.75 Å². The molecule has 1 fully saturated rings. The summed E-state index contributed by atoms with van der Waals surface area (Å²) in [5, 5.41) is 19.2. The monoisotopic (exact) mass is 242 g/mol. The van der Waals surface area contributed by atoms with Gasteiger partial charge in [0.05, 0.1) is 5.60 Å². The number of aliphatic hydroxyl groups is 1. The van der Waals surface area contributed by atoms with E-state index in [0.717, 1.165) is 22.9 Å². The van der Waals surface area contributed by atoms with Crippen molar-refractivity contribution in [1.82, 2.24) is 0 Å². The summed E-state index contributed by atoms with van der Waals surface area (Å²) < 4.78 is 0.935. The average Bonchev–Trinajstić information content (AvgIpc) is 2.76. The molecule has 13 heavy (non-hydrogen) atoms. The molecule has 0 aromatic heterocycles. The minimum atomic E-state index is -0.543. The second-order valence-corrected chi connectivity index (χ2v) is 4.59. The molecule has 2 rings (SSSR count). The van der Waals surface area contributed by atoms with E-state index in [9.17, 15) is 10.2 Å². The Morgan fingerprint density at radius 3 is 2.69 bits per heavy atom. The molecule has 1 aliphatic rings. The molecule has 0 amide bonds. The first-order valence-electron chi connectivity index (χ1n) is 4.29. The summed E-state index contributed by atoms with van der Waals surface area (Å²) in [4.78, 5) is 0. The molecule has 0 saturated heterocycles. The highest BCUT2D eigenvalue weighted by atomic mass is 79.9. The Kier molecular flexibility index (Phi) is 2.08. The second kappa shape index (κ2) is 3.00. The van der Waals surface area contributed by atoms with Gasteiger partial charge < -0.3 is 10.2 Å². The summed E-state index contributed by atoms with van der Waals surface area (Å²) in [5.41, 5.74) is 0.271. The molecule has 1 aromatic carbocycles. The Morgan fingerprint density at radius 1 is 1.38 bits per heavy atom. The van der Waals surface area contributed by atoms with Gasteiger partial charge in [-0.3, -0.25) is 0 Å². The van der Waals surface area contributed by atoms with Crippen LogP contribution in [0.25, 0.3) is 0 Å². The molecule has 2 N–H and O–H groups in total. The number of hydrogen-bond acceptors (Lipinski definition) is 2. The average molecular weight is 243 g/mol. The Morgan fingerprint density at radius 2 is 2.08 bits per heavy atom. The third-order valence-corrected chi connectivity index (χ3v) is 2.88. The molecule has 0 unspecified atom stereocenters. The normalized spacial score (nSPS) is 18.6. The third-order valence-electron chi connectivity index (χ3n) is 2.39. The van der Waals surface area contributed by atoms with Gasteiger partial charge in [-0.25, -0.2) is 0 Å². The van der Waals surface area contributed by atoms with Crippen LogP contribution in [0.1, 0.15) is 18.4 Å². The molecule has 0 atom stereocenters. The summed E-state index contributed by atoms with van der Waals surface area (Å²) in [6.07, 6.45) is 2.25. The van der Waals surface area contributed by atoms with E-state index < -0.39 is 5.60 Å². The van der Waals surface area contributed by atoms with Crippen molar-refractivity contribution in [2.75, 3.05) is 0 Å². The standard InChI is InChI=1S/C10H11BrO2/c11-8-1-2-9(12)7(5-8)6-10(13)3-4-10/h1-2,5,12-13H,3-4,6H2. The van der Waals surface area contributed by atoms with Gasteiger partial charge in [-0.15, -0.1) is 0 Å². The number of aromatic hydroxyl groups is 1. The second-order valence-electron chi connectivity index (χ2n) is 3.67. The summed E-state index contributed by atoms with van der Waals surface area (Å²) in [6.45, 7) is 0. The van der Waals surface area contributed by atoms with E-state index in [1.54, 1.807) is 12.1 Å². The SMILES string of the molecule is Oc1ccc(Br)cc1CC1(O)CC1. The van der Waals surface area contributed by atoms with Crippen LogP contribution >= 0.6 is 15.9 Å². The van der Waals surface area contributed by atoms with Crippen LogP contribution in [0, 0.1) is 0 Å². The summed E-state index contributed by atoms with van der Waals surface area (Å²) in [7, 11) is 0. The molecule has 1 aliphatic carbocycles. The van der Waals surface area contributed by atoms with Crippen molar-refractivity contribution in [3.63, 3.8) is 0 Å². The van der Waals surface area contributed by atoms with E-state index in [4.69, 9.17) is 0 Å². The highest BCUT2D eigenvalue weighted by molar-refractivity contribution is 9.10. The largest absolute Gasteiger partial charge is 0.508 e. The lowest BCUT2D eigenvalue weighted by atomic mass is 10.1. The molecule has 0 aliphatic heterocycles. The van der Waals surface area contributed by atoms with Crippen molar-refractivity contribution in [2.45, 2.75) is 24.9 Å². The van der Waals surface area contributed by atoms with Gasteiger partial charge in [0, 0.05) is 10.9 Å². The predicted molar refractivity (Wildman–Crippen MR) is 53.7 cm³/mol. The molecule has 0 bridgehead atoms. The summed E-state index contributed by atoms with van der Waals surface area (Å²) >= 11 is 3.33. The lowest BCUT2D eigenvalue weighted by Crippen LogP contribution is -2.10. The zero-order valence-electron chi connectivity index (χ0n) is 7.13. The van der Waals surface area contributed by atoms with Gasteiger partial charge in [-0.2, -0.15) is 0 Å². The van der Waals surface area contributed by atoms with Crippen LogP contribution in [-0.2, 0) is 6.42 Å². The van der Waals surface area contributed by atoms with Gasteiger partial charge in [0.1, 0.15) is 5.75 Å². The number of phenols is 1. The number of benzene rings is 1. The lowest BCUT2D eigenvalue weighted by molar-refractivity contribution is 0.150. The first-order valence-corrected chi connectivity index (χ1v) is 5.08. The van der Waals surface area contributed by atoms with Gasteiger partial charge >= 0.3 is 0 Å². The summed E-state index contributed by atoms with van der Waals surface area (Å²) in [5.74, 6) is 0.267. The highest BCUT2D eigenvalue weighted by Crippen LogP contribution is 2.40. The fraction of sp³-hybridized carbons (Fsp3) is 0.400. The first-order chi connectivity index (χ1) is 6.09. The minimum Gasteiger partial charge on any atom is -0.508 e. The molecule has 1 saturated carbocycles. The van der Waals surface area contributed by atoms with E-state index in [1.165, 1.54) is 0 Å². The lowest BCUT2D eigenvalue weighted by Gasteiger charge is -2.09. The number of hydrogen-bond donors (Lipinski definition) is 2. The van der Waals surface area contributed by atoms with Crippen LogP contribution in [0.5, 0.6) is 5.75 Å². The van der Waals surface area contributed by atoms with Crippen LogP contribution in [0.4, 0.5) is 0 Å². The first kappa shape index (κ1) is 9.03. The van der Waals surface area contributed by atoms with Crippen LogP contribution in [0.15, 0.2) is 22.7 Å². The quantitative estimate of drug-likeness (QED) is 0.836. The van der Waals surface area contributed by atoms with E-state index in [2.05, 4.69) is 15.9 Å². The van der Waals surface area contributed by atoms with Crippen molar-refractivity contribution in [1.29, 1.82) is 0 Å². The maximum Gasteiger partial charge on any atom is 0.118 e. The van der Waals surface area contributed by atoms with Crippen molar-refractivity contribution < 1.29 is 10.2 Å². The minimum absolute atomic E-state index is 0.267. The fourth-order valence-corrected chi connectivity index (χ4v) is 1.78. The van der Waals surface area contributed by atoms with Crippen LogP contribution in [0.2, 0.25) is 0 Å². The topological polar surface area (TPSA) is 40.5 Å². The Hall–Kier alpha value is -0.540. The van der Waals surface area contributed by atoms with Crippen LogP contribution < -0.4 is 0 Å². The molecule has 0 spiro atoms. The Bertz CT molecular complexity index is 332. The fourth-order valence-electron chi connectivity index (χ4n) is 1.37. The molecule has 0 radical (unpaired) electrons. The molecular formula is C10H11BrO2. The van der Waals surface area contributed by atoms with E-state index >= 15 is 0 Å². The molecule has 2 nitrogen and oxygen atoms in total. The van der Waals surface area contributed by atoms with Crippen LogP contribution in [-0.4, -0.2) is 15.8 Å². The number of rotatable bonds is 2. The van der Waals surface area contributed by atoms with E-state index in [0.29, 0.717) is 6.42 Å². The van der Waals surface area contributed by atoms with Gasteiger partial charge in [0.15, 0.2) is 0 Å². The van der Waals surface area contributed by atoms with Crippen LogP contribution in [0.3, 0.4) is 0 Å². The Labute approximate surface area is 85.3 Å². The zero-order valence-corrected chi connectivity index (χ0v) is 8.71. The van der Waals surface area contributed by atoms with Gasteiger partial charge in [0.25, 0.3) is 0 Å². The molecule has 0 heterocycles. The van der Waals surface area contributed by atoms with E-state index in [1.807, 2.05) is 6.07 Å². The molecule has 3 heteroatoms. The van der Waals surface area contributed by atoms with Gasteiger partial charge in [-0.05, 0) is 36.6 Å². The molecular weight excluding hydrogens is 232 g/mol. The highest BCUT2D eigenvalue weighted by Gasteiger charge is 2.40. The third kappa shape index (κ3) is 2.03. The summed E-state index contributed by atoms with van der Waals surface area (Å²) in [6, 6.07) is 5.28. The maximum absolute atomic E-state index is 9.67. The van der Waals surface area contributed by atoms with Gasteiger partial charge in [-0.1, -0.05) is 15.9 Å². The number of phenolic OH excluding ortho intramolecular Hbond substituents is 1. The van der Waals surface area contributed by atoms with Crippen molar-refractivity contribution in [3.05, 3.63) is 28.2 Å². The smallest absolute Gasteiger partial charge is 0.118 e. The predicted octanol–water partition coefficient (Wildman–Crippen LogP) is 2.22. The molecule has 70 valence electrons. The number of halogens is 1. The molecule has 1 aromatic rings. The Balaban J connectivity index is 2.23. The zero-order chi connectivity index (χ0) is 9.47. The van der Waals surface area contributed by atoms with Crippen molar-refractivity contribution in [2.24, 2.45) is 0 Å². The van der Waals surface area contributed by atoms with Crippen molar-refractivity contribution in [3.8, 4) is 5.75 Å². The van der Waals surface area contributed by atoms with Gasteiger partial charge in [0.2, 0.25) is 0 Å². The maximum atomic E-state index is 9.67. The van der Waals surface area contributed by atoms with Crippen molar-refractivity contribution >= 4 is 15.9 Å².